The molecule has 0 atom stereocenters. The first-order chi connectivity index (χ1) is 9.06. The Morgan fingerprint density at radius 3 is 2.79 bits per heavy atom. The third kappa shape index (κ3) is 3.38. The zero-order valence-corrected chi connectivity index (χ0v) is 11.0. The van der Waals surface area contributed by atoms with Crippen LogP contribution >= 0.6 is 0 Å². The summed E-state index contributed by atoms with van der Waals surface area (Å²) in [5, 5.41) is 18.3. The molecule has 0 radical (unpaired) electrons. The molecule has 1 heterocycles. The second-order valence-corrected chi connectivity index (χ2v) is 4.46. The summed E-state index contributed by atoms with van der Waals surface area (Å²) in [6, 6.07) is 7.22. The summed E-state index contributed by atoms with van der Waals surface area (Å²) in [7, 11) is 1.87. The van der Waals surface area contributed by atoms with E-state index in [1.165, 1.54) is 0 Å². The first-order valence-corrected chi connectivity index (χ1v) is 5.99. The molecule has 2 aromatic rings. The second kappa shape index (κ2) is 5.62. The molecule has 0 unspecified atom stereocenters. The van der Waals surface area contributed by atoms with Gasteiger partial charge in [0.1, 0.15) is 0 Å². The summed E-state index contributed by atoms with van der Waals surface area (Å²) in [4.78, 5) is 10.5. The summed E-state index contributed by atoms with van der Waals surface area (Å²) in [5.41, 5.74) is 2.69. The average molecular weight is 260 g/mol. The molecule has 1 aromatic carbocycles. The van der Waals surface area contributed by atoms with Crippen LogP contribution in [-0.4, -0.2) is 14.7 Å². The summed E-state index contributed by atoms with van der Waals surface area (Å²) in [6.45, 7) is 2.96. The van der Waals surface area contributed by atoms with Crippen LogP contribution < -0.4 is 5.32 Å². The molecule has 100 valence electrons. The minimum Gasteiger partial charge on any atom is -0.307 e. The van der Waals surface area contributed by atoms with Gasteiger partial charge in [-0.25, -0.2) is 0 Å². The highest BCUT2D eigenvalue weighted by molar-refractivity contribution is 5.42. The van der Waals surface area contributed by atoms with Crippen molar-refractivity contribution in [2.45, 2.75) is 20.0 Å². The molecular weight excluding hydrogens is 244 g/mol. The van der Waals surface area contributed by atoms with Crippen LogP contribution in [0.3, 0.4) is 0 Å². The maximum absolute atomic E-state index is 10.8. The molecule has 0 spiro atoms. The van der Waals surface area contributed by atoms with E-state index in [0.29, 0.717) is 18.7 Å². The molecule has 0 saturated heterocycles. The number of hydrogen-bond donors (Lipinski definition) is 1. The lowest BCUT2D eigenvalue weighted by molar-refractivity contribution is -0.385. The Morgan fingerprint density at radius 2 is 2.16 bits per heavy atom. The Bertz CT molecular complexity index is 592. The normalized spacial score (nSPS) is 10.6. The van der Waals surface area contributed by atoms with Crippen molar-refractivity contribution in [1.82, 2.24) is 15.1 Å². The van der Waals surface area contributed by atoms with Gasteiger partial charge in [-0.05, 0) is 18.6 Å². The van der Waals surface area contributed by atoms with Gasteiger partial charge >= 0.3 is 0 Å². The molecule has 0 fully saturated rings. The number of nitrogens with zero attached hydrogens (tertiary/aromatic N) is 3. The van der Waals surface area contributed by atoms with E-state index >= 15 is 0 Å². The van der Waals surface area contributed by atoms with Gasteiger partial charge in [-0.1, -0.05) is 12.1 Å². The van der Waals surface area contributed by atoms with Gasteiger partial charge in [0.25, 0.3) is 5.69 Å². The summed E-state index contributed by atoms with van der Waals surface area (Å²) >= 11 is 0. The molecule has 0 saturated carbocycles. The first-order valence-electron chi connectivity index (χ1n) is 5.99. The van der Waals surface area contributed by atoms with Gasteiger partial charge in [0.2, 0.25) is 0 Å². The van der Waals surface area contributed by atoms with Crippen LogP contribution in [0.2, 0.25) is 0 Å². The van der Waals surface area contributed by atoms with E-state index in [9.17, 15) is 10.1 Å². The van der Waals surface area contributed by atoms with Crippen molar-refractivity contribution in [3.05, 3.63) is 57.4 Å². The van der Waals surface area contributed by atoms with Crippen LogP contribution in [-0.2, 0) is 20.1 Å². The standard InChI is InChI=1S/C13H16N4O2/c1-10-3-4-11(7-13(10)17(18)19)8-14-9-12-5-6-16(2)15-12/h3-7,14H,8-9H2,1-2H3. The number of rotatable bonds is 5. The molecule has 19 heavy (non-hydrogen) atoms. The van der Waals surface area contributed by atoms with Crippen molar-refractivity contribution < 1.29 is 4.92 Å². The minimum atomic E-state index is -0.350. The Morgan fingerprint density at radius 1 is 1.37 bits per heavy atom. The van der Waals surface area contributed by atoms with Gasteiger partial charge in [-0.3, -0.25) is 14.8 Å². The average Bonchev–Trinajstić information content (AvgIpc) is 2.77. The fraction of sp³-hybridized carbons (Fsp3) is 0.308. The van der Waals surface area contributed by atoms with E-state index in [0.717, 1.165) is 11.3 Å². The summed E-state index contributed by atoms with van der Waals surface area (Å²) in [5.74, 6) is 0. The zero-order chi connectivity index (χ0) is 13.8. The van der Waals surface area contributed by atoms with E-state index in [2.05, 4.69) is 10.4 Å². The smallest absolute Gasteiger partial charge is 0.272 e. The van der Waals surface area contributed by atoms with Crippen LogP contribution in [0.4, 0.5) is 5.69 Å². The molecule has 0 amide bonds. The van der Waals surface area contributed by atoms with Crippen molar-refractivity contribution >= 4 is 5.69 Å². The molecule has 1 aromatic heterocycles. The van der Waals surface area contributed by atoms with Crippen LogP contribution in [0.5, 0.6) is 0 Å². The van der Waals surface area contributed by atoms with E-state index in [4.69, 9.17) is 0 Å². The lowest BCUT2D eigenvalue weighted by atomic mass is 10.1. The SMILES string of the molecule is Cc1ccc(CNCc2ccn(C)n2)cc1[N+](=O)[O-]. The Kier molecular flexibility index (Phi) is 3.91. The number of nitro benzene ring substituents is 1. The monoisotopic (exact) mass is 260 g/mol. The van der Waals surface area contributed by atoms with Gasteiger partial charge < -0.3 is 5.32 Å². The van der Waals surface area contributed by atoms with E-state index in [1.54, 1.807) is 23.7 Å². The van der Waals surface area contributed by atoms with Crippen molar-refractivity contribution in [1.29, 1.82) is 0 Å². The van der Waals surface area contributed by atoms with Crippen LogP contribution in [0.1, 0.15) is 16.8 Å². The van der Waals surface area contributed by atoms with Gasteiger partial charge in [0.05, 0.1) is 10.6 Å². The third-order valence-electron chi connectivity index (χ3n) is 2.87. The highest BCUT2D eigenvalue weighted by Crippen LogP contribution is 2.19. The fourth-order valence-corrected chi connectivity index (χ4v) is 1.85. The number of aryl methyl sites for hydroxylation is 2. The molecule has 0 aliphatic rings. The lowest BCUT2D eigenvalue weighted by Crippen LogP contribution is -2.13. The van der Waals surface area contributed by atoms with Crippen molar-refractivity contribution in [2.75, 3.05) is 0 Å². The third-order valence-corrected chi connectivity index (χ3v) is 2.87. The largest absolute Gasteiger partial charge is 0.307 e. The Balaban J connectivity index is 1.96. The highest BCUT2D eigenvalue weighted by atomic mass is 16.6. The number of hydrogen-bond acceptors (Lipinski definition) is 4. The first kappa shape index (κ1) is 13.2. The molecule has 2 rings (SSSR count). The highest BCUT2D eigenvalue weighted by Gasteiger charge is 2.10. The van der Waals surface area contributed by atoms with Crippen LogP contribution in [0, 0.1) is 17.0 Å². The number of aromatic nitrogens is 2. The Hall–Kier alpha value is -2.21. The Labute approximate surface area is 111 Å². The quantitative estimate of drug-likeness (QED) is 0.658. The maximum atomic E-state index is 10.8. The number of nitrogens with one attached hydrogen (secondary N) is 1. The zero-order valence-electron chi connectivity index (χ0n) is 11.0. The number of nitro groups is 1. The topological polar surface area (TPSA) is 73.0 Å². The molecule has 0 aliphatic carbocycles. The molecule has 6 nitrogen and oxygen atoms in total. The molecule has 1 N–H and O–H groups in total. The molecule has 0 bridgehead atoms. The maximum Gasteiger partial charge on any atom is 0.272 e. The summed E-state index contributed by atoms with van der Waals surface area (Å²) < 4.78 is 1.74. The molecule has 0 aliphatic heterocycles. The van der Waals surface area contributed by atoms with Crippen LogP contribution in [0.25, 0.3) is 0 Å². The predicted molar refractivity (Wildman–Crippen MR) is 71.6 cm³/mol. The van der Waals surface area contributed by atoms with Gasteiger partial charge in [0, 0.05) is 38.0 Å². The van der Waals surface area contributed by atoms with E-state index in [-0.39, 0.29) is 10.6 Å². The van der Waals surface area contributed by atoms with Gasteiger partial charge in [-0.2, -0.15) is 5.10 Å². The van der Waals surface area contributed by atoms with Crippen molar-refractivity contribution in [3.63, 3.8) is 0 Å². The lowest BCUT2D eigenvalue weighted by Gasteiger charge is -2.04. The molecular formula is C13H16N4O2. The number of benzene rings is 1. The van der Waals surface area contributed by atoms with Crippen molar-refractivity contribution in [3.8, 4) is 0 Å². The minimum absolute atomic E-state index is 0.164. The van der Waals surface area contributed by atoms with E-state index < -0.39 is 0 Å². The second-order valence-electron chi connectivity index (χ2n) is 4.46. The molecule has 6 heteroatoms. The van der Waals surface area contributed by atoms with Gasteiger partial charge in [-0.15, -0.1) is 0 Å². The van der Waals surface area contributed by atoms with E-state index in [1.807, 2.05) is 25.4 Å². The van der Waals surface area contributed by atoms with Gasteiger partial charge in [0.15, 0.2) is 0 Å². The van der Waals surface area contributed by atoms with Crippen molar-refractivity contribution in [2.24, 2.45) is 7.05 Å². The summed E-state index contributed by atoms with van der Waals surface area (Å²) in [6.07, 6.45) is 1.88. The predicted octanol–water partition coefficient (Wildman–Crippen LogP) is 1.93. The van der Waals surface area contributed by atoms with Crippen LogP contribution in [0.15, 0.2) is 30.5 Å². The fourth-order valence-electron chi connectivity index (χ4n) is 1.85.